The lowest BCUT2D eigenvalue weighted by Gasteiger charge is -2.44. The summed E-state index contributed by atoms with van der Waals surface area (Å²) < 4.78 is 0. The van der Waals surface area contributed by atoms with Crippen molar-refractivity contribution in [3.8, 4) is 0 Å². The van der Waals surface area contributed by atoms with E-state index in [1.807, 2.05) is 0 Å². The maximum absolute atomic E-state index is 2.43. The zero-order valence-corrected chi connectivity index (χ0v) is 10.9. The van der Waals surface area contributed by atoms with Crippen LogP contribution in [0.4, 0.5) is 0 Å². The van der Waals surface area contributed by atoms with Crippen molar-refractivity contribution in [2.75, 3.05) is 0 Å². The summed E-state index contributed by atoms with van der Waals surface area (Å²) >= 11 is 0. The molecule has 0 heteroatoms. The molecule has 0 nitrogen and oxygen atoms in total. The van der Waals surface area contributed by atoms with Crippen LogP contribution in [-0.4, -0.2) is 0 Å². The first kappa shape index (κ1) is 12.1. The first-order valence-corrected chi connectivity index (χ1v) is 6.32. The molecule has 1 saturated carbocycles. The Morgan fingerprint density at radius 2 is 1.64 bits per heavy atom. The van der Waals surface area contributed by atoms with Gasteiger partial charge in [-0.1, -0.05) is 48.0 Å². The largest absolute Gasteiger partial charge is 0.0625 e. The van der Waals surface area contributed by atoms with E-state index < -0.39 is 0 Å². The SMILES string of the molecule is CC(C)[C@@H]1CC[C@@H](C)C[C@@H]1C(C)(C)C. The summed E-state index contributed by atoms with van der Waals surface area (Å²) in [5.74, 6) is 3.72. The topological polar surface area (TPSA) is 0 Å². The van der Waals surface area contributed by atoms with Crippen LogP contribution in [0.15, 0.2) is 0 Å². The van der Waals surface area contributed by atoms with Gasteiger partial charge >= 0.3 is 0 Å². The molecule has 14 heavy (non-hydrogen) atoms. The van der Waals surface area contributed by atoms with Gasteiger partial charge in [0, 0.05) is 0 Å². The maximum Gasteiger partial charge on any atom is -0.0332 e. The zero-order chi connectivity index (χ0) is 10.9. The predicted octanol–water partition coefficient (Wildman–Crippen LogP) is 4.74. The van der Waals surface area contributed by atoms with Crippen molar-refractivity contribution in [1.29, 1.82) is 0 Å². The fourth-order valence-corrected chi connectivity index (χ4v) is 3.20. The van der Waals surface area contributed by atoms with Gasteiger partial charge in [-0.3, -0.25) is 0 Å². The Balaban J connectivity index is 2.74. The van der Waals surface area contributed by atoms with Crippen molar-refractivity contribution in [3.63, 3.8) is 0 Å². The van der Waals surface area contributed by atoms with Gasteiger partial charge in [0.25, 0.3) is 0 Å². The fourth-order valence-electron chi connectivity index (χ4n) is 3.20. The minimum atomic E-state index is 0.504. The van der Waals surface area contributed by atoms with E-state index in [1.54, 1.807) is 0 Å². The van der Waals surface area contributed by atoms with Gasteiger partial charge in [0.15, 0.2) is 0 Å². The first-order chi connectivity index (χ1) is 6.32. The van der Waals surface area contributed by atoms with Gasteiger partial charge in [0.05, 0.1) is 0 Å². The van der Waals surface area contributed by atoms with Gasteiger partial charge in [-0.2, -0.15) is 0 Å². The van der Waals surface area contributed by atoms with E-state index in [0.717, 1.165) is 23.7 Å². The van der Waals surface area contributed by atoms with E-state index in [1.165, 1.54) is 19.3 Å². The molecule has 0 unspecified atom stereocenters. The Morgan fingerprint density at radius 1 is 1.07 bits per heavy atom. The fraction of sp³-hybridized carbons (Fsp3) is 1.00. The first-order valence-electron chi connectivity index (χ1n) is 6.32. The van der Waals surface area contributed by atoms with Crippen LogP contribution >= 0.6 is 0 Å². The van der Waals surface area contributed by atoms with Gasteiger partial charge in [0.1, 0.15) is 0 Å². The minimum absolute atomic E-state index is 0.504. The van der Waals surface area contributed by atoms with E-state index in [-0.39, 0.29) is 0 Å². The Hall–Kier alpha value is 0. The lowest BCUT2D eigenvalue weighted by atomic mass is 9.61. The molecule has 0 N–H and O–H groups in total. The lowest BCUT2D eigenvalue weighted by Crippen LogP contribution is -2.36. The third-order valence-electron chi connectivity index (χ3n) is 4.13. The minimum Gasteiger partial charge on any atom is -0.0625 e. The summed E-state index contributed by atoms with van der Waals surface area (Å²) in [5.41, 5.74) is 0.504. The summed E-state index contributed by atoms with van der Waals surface area (Å²) in [6, 6.07) is 0. The molecule has 0 radical (unpaired) electrons. The summed E-state index contributed by atoms with van der Waals surface area (Å²) in [5, 5.41) is 0. The van der Waals surface area contributed by atoms with E-state index in [4.69, 9.17) is 0 Å². The molecular formula is C14H28. The summed E-state index contributed by atoms with van der Waals surface area (Å²) in [7, 11) is 0. The molecule has 1 rings (SSSR count). The molecule has 3 atom stereocenters. The van der Waals surface area contributed by atoms with Crippen molar-refractivity contribution < 1.29 is 0 Å². The van der Waals surface area contributed by atoms with E-state index >= 15 is 0 Å². The molecule has 0 amide bonds. The average Bonchev–Trinajstić information content (AvgIpc) is 2.01. The van der Waals surface area contributed by atoms with Gasteiger partial charge in [-0.15, -0.1) is 0 Å². The van der Waals surface area contributed by atoms with Crippen molar-refractivity contribution in [3.05, 3.63) is 0 Å². The van der Waals surface area contributed by atoms with Crippen LogP contribution in [0.2, 0.25) is 0 Å². The Morgan fingerprint density at radius 3 is 2.07 bits per heavy atom. The predicted molar refractivity (Wildman–Crippen MR) is 64.3 cm³/mol. The highest BCUT2D eigenvalue weighted by atomic mass is 14.4. The Bertz CT molecular complexity index is 173. The van der Waals surface area contributed by atoms with Gasteiger partial charge in [-0.25, -0.2) is 0 Å². The van der Waals surface area contributed by atoms with Crippen molar-refractivity contribution >= 4 is 0 Å². The summed E-state index contributed by atoms with van der Waals surface area (Å²) in [4.78, 5) is 0. The van der Waals surface area contributed by atoms with E-state index in [2.05, 4.69) is 41.5 Å². The monoisotopic (exact) mass is 196 g/mol. The summed E-state index contributed by atoms with van der Waals surface area (Å²) in [6.45, 7) is 14.5. The lowest BCUT2D eigenvalue weighted by molar-refractivity contribution is 0.0538. The third kappa shape index (κ3) is 2.74. The second kappa shape index (κ2) is 4.24. The van der Waals surface area contributed by atoms with Crippen LogP contribution in [0.1, 0.15) is 60.8 Å². The summed E-state index contributed by atoms with van der Waals surface area (Å²) in [6.07, 6.45) is 4.36. The molecule has 1 aliphatic rings. The Labute approximate surface area is 90.5 Å². The van der Waals surface area contributed by atoms with Gasteiger partial charge in [0.2, 0.25) is 0 Å². The van der Waals surface area contributed by atoms with Gasteiger partial charge in [-0.05, 0) is 41.9 Å². The van der Waals surface area contributed by atoms with E-state index in [9.17, 15) is 0 Å². The van der Waals surface area contributed by atoms with E-state index in [0.29, 0.717) is 5.41 Å². The third-order valence-corrected chi connectivity index (χ3v) is 4.13. The standard InChI is InChI=1S/C14H28/c1-10(2)12-8-7-11(3)9-13(12)14(4,5)6/h10-13H,7-9H2,1-6H3/t11-,12+,13+/m1/s1. The van der Waals surface area contributed by atoms with Crippen molar-refractivity contribution in [2.24, 2.45) is 29.1 Å². The zero-order valence-electron chi connectivity index (χ0n) is 10.9. The highest BCUT2D eigenvalue weighted by Gasteiger charge is 2.37. The second-order valence-corrected chi connectivity index (χ2v) is 6.80. The highest BCUT2D eigenvalue weighted by Crippen LogP contribution is 2.46. The number of hydrogen-bond donors (Lipinski definition) is 0. The highest BCUT2D eigenvalue weighted by molar-refractivity contribution is 4.87. The molecule has 1 aliphatic carbocycles. The molecule has 0 spiro atoms. The molecule has 0 aliphatic heterocycles. The molecule has 0 aromatic carbocycles. The molecule has 0 aromatic heterocycles. The average molecular weight is 196 g/mol. The normalized spacial score (nSPS) is 34.9. The molecule has 0 aromatic rings. The second-order valence-electron chi connectivity index (χ2n) is 6.80. The van der Waals surface area contributed by atoms with Gasteiger partial charge < -0.3 is 0 Å². The van der Waals surface area contributed by atoms with Crippen molar-refractivity contribution in [2.45, 2.75) is 60.8 Å². The molecular weight excluding hydrogens is 168 g/mol. The van der Waals surface area contributed by atoms with Crippen LogP contribution in [0.3, 0.4) is 0 Å². The molecule has 84 valence electrons. The van der Waals surface area contributed by atoms with Crippen molar-refractivity contribution in [1.82, 2.24) is 0 Å². The van der Waals surface area contributed by atoms with Crippen LogP contribution < -0.4 is 0 Å². The number of hydrogen-bond acceptors (Lipinski definition) is 0. The molecule has 0 bridgehead atoms. The maximum atomic E-state index is 2.43. The molecule has 1 fully saturated rings. The molecule has 0 heterocycles. The number of rotatable bonds is 1. The van der Waals surface area contributed by atoms with Crippen LogP contribution in [0.25, 0.3) is 0 Å². The van der Waals surface area contributed by atoms with Crippen LogP contribution in [0, 0.1) is 29.1 Å². The Kier molecular flexibility index (Phi) is 3.66. The van der Waals surface area contributed by atoms with Crippen LogP contribution in [0.5, 0.6) is 0 Å². The molecule has 0 saturated heterocycles. The van der Waals surface area contributed by atoms with Crippen LogP contribution in [-0.2, 0) is 0 Å². The smallest absolute Gasteiger partial charge is 0.0332 e. The quantitative estimate of drug-likeness (QED) is 0.568.